The smallest absolute Gasteiger partial charge is 0.212 e. The summed E-state index contributed by atoms with van der Waals surface area (Å²) < 4.78 is 45.8. The molecule has 0 radical (unpaired) electrons. The molecule has 0 saturated heterocycles. The van der Waals surface area contributed by atoms with Gasteiger partial charge < -0.3 is 9.84 Å². The summed E-state index contributed by atoms with van der Waals surface area (Å²) in [4.78, 5) is 0. The molecule has 0 aliphatic heterocycles. The molecule has 1 aromatic carbocycles. The second kappa shape index (κ2) is 8.47. The standard InChI is InChI=1S/C16H20F3NO3/c1-9(2)5-4-6-10(3)7-8-23-16-12(18)11(17)14(20-22)15(21)13(16)19/h5,7,20-22H,4,6,8H2,1-3H3/b10-7+. The SMILES string of the molecule is CC(C)=CCC/C(C)=C/COc1c(F)c(O)c(NO)c(F)c1F. The van der Waals surface area contributed by atoms with E-state index >= 15 is 0 Å². The lowest BCUT2D eigenvalue weighted by molar-refractivity contribution is 0.296. The van der Waals surface area contributed by atoms with Crippen LogP contribution >= 0.6 is 0 Å². The van der Waals surface area contributed by atoms with Crippen LogP contribution in [0.3, 0.4) is 0 Å². The maximum atomic E-state index is 13.7. The summed E-state index contributed by atoms with van der Waals surface area (Å²) in [6.45, 7) is 5.63. The van der Waals surface area contributed by atoms with Crippen LogP contribution in [0.15, 0.2) is 23.3 Å². The number of halogens is 3. The minimum absolute atomic E-state index is 0.181. The van der Waals surface area contributed by atoms with Crippen molar-refractivity contribution in [2.45, 2.75) is 33.6 Å². The fraction of sp³-hybridized carbons (Fsp3) is 0.375. The van der Waals surface area contributed by atoms with Gasteiger partial charge in [-0.15, -0.1) is 0 Å². The molecule has 1 aromatic rings. The Hall–Kier alpha value is -2.15. The Morgan fingerprint density at radius 3 is 2.30 bits per heavy atom. The molecular weight excluding hydrogens is 311 g/mol. The van der Waals surface area contributed by atoms with Gasteiger partial charge in [-0.25, -0.2) is 4.39 Å². The van der Waals surface area contributed by atoms with E-state index in [1.165, 1.54) is 11.1 Å². The third kappa shape index (κ3) is 4.92. The molecule has 0 aliphatic rings. The average Bonchev–Trinajstić information content (AvgIpc) is 2.49. The largest absolute Gasteiger partial charge is 0.503 e. The zero-order valence-electron chi connectivity index (χ0n) is 13.2. The van der Waals surface area contributed by atoms with Gasteiger partial charge in [0.25, 0.3) is 0 Å². The highest BCUT2D eigenvalue weighted by Crippen LogP contribution is 2.38. The van der Waals surface area contributed by atoms with Gasteiger partial charge in [0.1, 0.15) is 12.3 Å². The fourth-order valence-corrected chi connectivity index (χ4v) is 1.81. The molecule has 0 saturated carbocycles. The third-order valence-corrected chi connectivity index (χ3v) is 3.12. The summed E-state index contributed by atoms with van der Waals surface area (Å²) in [6, 6.07) is 0. The van der Waals surface area contributed by atoms with Crippen LogP contribution in [0, 0.1) is 17.5 Å². The van der Waals surface area contributed by atoms with Crippen molar-refractivity contribution in [1.82, 2.24) is 0 Å². The van der Waals surface area contributed by atoms with Crippen molar-refractivity contribution in [2.75, 3.05) is 12.1 Å². The molecule has 0 unspecified atom stereocenters. The third-order valence-electron chi connectivity index (χ3n) is 3.12. The van der Waals surface area contributed by atoms with Crippen LogP contribution in [0.25, 0.3) is 0 Å². The van der Waals surface area contributed by atoms with Gasteiger partial charge in [0, 0.05) is 0 Å². The van der Waals surface area contributed by atoms with Gasteiger partial charge in [-0.1, -0.05) is 17.2 Å². The van der Waals surface area contributed by atoms with Crippen molar-refractivity contribution in [2.24, 2.45) is 0 Å². The molecule has 0 fully saturated rings. The molecule has 0 amide bonds. The van der Waals surface area contributed by atoms with E-state index in [9.17, 15) is 18.3 Å². The Kier molecular flexibility index (Phi) is 6.96. The summed E-state index contributed by atoms with van der Waals surface area (Å²) in [5.41, 5.74) is 2.26. The summed E-state index contributed by atoms with van der Waals surface area (Å²) in [5, 5.41) is 17.9. The number of ether oxygens (including phenoxy) is 1. The Balaban J connectivity index is 2.81. The van der Waals surface area contributed by atoms with Crippen molar-refractivity contribution < 1.29 is 28.2 Å². The quantitative estimate of drug-likeness (QED) is 0.294. The van der Waals surface area contributed by atoms with Crippen LogP contribution in [-0.2, 0) is 0 Å². The number of nitrogens with one attached hydrogen (secondary N) is 1. The van der Waals surface area contributed by atoms with E-state index in [4.69, 9.17) is 9.94 Å². The minimum Gasteiger partial charge on any atom is -0.503 e. The maximum Gasteiger partial charge on any atom is 0.212 e. The first-order valence-electron chi connectivity index (χ1n) is 7.00. The van der Waals surface area contributed by atoms with E-state index in [1.807, 2.05) is 20.8 Å². The monoisotopic (exact) mass is 331 g/mol. The number of anilines is 1. The zero-order chi connectivity index (χ0) is 17.6. The lowest BCUT2D eigenvalue weighted by atomic mass is 10.1. The molecule has 0 atom stereocenters. The number of hydrogen-bond donors (Lipinski definition) is 3. The Labute approximate surface area is 132 Å². The summed E-state index contributed by atoms with van der Waals surface area (Å²) in [7, 11) is 0. The molecule has 1 rings (SSSR count). The van der Waals surface area contributed by atoms with Crippen LogP contribution in [-0.4, -0.2) is 16.9 Å². The van der Waals surface area contributed by atoms with E-state index in [2.05, 4.69) is 6.08 Å². The van der Waals surface area contributed by atoms with Gasteiger partial charge in [0.15, 0.2) is 17.3 Å². The molecule has 3 N–H and O–H groups in total. The van der Waals surface area contributed by atoms with Gasteiger partial charge in [-0.05, 0) is 39.7 Å². The first-order chi connectivity index (χ1) is 10.8. The van der Waals surface area contributed by atoms with Crippen molar-refractivity contribution in [3.63, 3.8) is 0 Å². The van der Waals surface area contributed by atoms with E-state index in [1.54, 1.807) is 6.08 Å². The molecule has 0 spiro atoms. The van der Waals surface area contributed by atoms with Crippen LogP contribution in [0.1, 0.15) is 33.6 Å². The first-order valence-corrected chi connectivity index (χ1v) is 7.00. The second-order valence-corrected chi connectivity index (χ2v) is 5.29. The minimum atomic E-state index is -1.63. The van der Waals surface area contributed by atoms with E-state index < -0.39 is 34.6 Å². The highest BCUT2D eigenvalue weighted by Gasteiger charge is 2.26. The van der Waals surface area contributed by atoms with Crippen LogP contribution in [0.4, 0.5) is 18.9 Å². The normalized spacial score (nSPS) is 11.3. The fourth-order valence-electron chi connectivity index (χ4n) is 1.81. The van der Waals surface area contributed by atoms with E-state index in [-0.39, 0.29) is 6.61 Å². The van der Waals surface area contributed by atoms with Crippen LogP contribution < -0.4 is 10.2 Å². The number of rotatable bonds is 7. The molecule has 7 heteroatoms. The molecule has 0 aliphatic carbocycles. The number of benzene rings is 1. The highest BCUT2D eigenvalue weighted by molar-refractivity contribution is 5.59. The molecular formula is C16H20F3NO3. The Morgan fingerprint density at radius 1 is 1.09 bits per heavy atom. The molecule has 0 aromatic heterocycles. The Bertz CT molecular complexity index is 594. The lowest BCUT2D eigenvalue weighted by Gasteiger charge is -2.12. The van der Waals surface area contributed by atoms with Crippen LogP contribution in [0.5, 0.6) is 11.5 Å². The summed E-state index contributed by atoms with van der Waals surface area (Å²) >= 11 is 0. The Morgan fingerprint density at radius 2 is 1.74 bits per heavy atom. The topological polar surface area (TPSA) is 61.7 Å². The van der Waals surface area contributed by atoms with E-state index in [0.717, 1.165) is 18.4 Å². The molecule has 23 heavy (non-hydrogen) atoms. The summed E-state index contributed by atoms with van der Waals surface area (Å²) in [6.07, 6.45) is 5.27. The lowest BCUT2D eigenvalue weighted by Crippen LogP contribution is -2.05. The van der Waals surface area contributed by atoms with Gasteiger partial charge >= 0.3 is 0 Å². The number of phenolic OH excluding ortho intramolecular Hbond substituents is 1. The van der Waals surface area contributed by atoms with Crippen LogP contribution in [0.2, 0.25) is 0 Å². The molecule has 128 valence electrons. The second-order valence-electron chi connectivity index (χ2n) is 5.29. The predicted molar refractivity (Wildman–Crippen MR) is 81.3 cm³/mol. The van der Waals surface area contributed by atoms with Crippen molar-refractivity contribution in [3.05, 3.63) is 40.7 Å². The number of hydrogen-bond acceptors (Lipinski definition) is 4. The average molecular weight is 331 g/mol. The molecule has 4 nitrogen and oxygen atoms in total. The zero-order valence-corrected chi connectivity index (χ0v) is 13.2. The van der Waals surface area contributed by atoms with Gasteiger partial charge in [-0.2, -0.15) is 8.78 Å². The van der Waals surface area contributed by atoms with Crippen molar-refractivity contribution >= 4 is 5.69 Å². The van der Waals surface area contributed by atoms with Gasteiger partial charge in [-0.3, -0.25) is 10.7 Å². The van der Waals surface area contributed by atoms with Gasteiger partial charge in [0.2, 0.25) is 11.6 Å². The molecule has 0 bridgehead atoms. The maximum absolute atomic E-state index is 13.7. The highest BCUT2D eigenvalue weighted by atomic mass is 19.2. The van der Waals surface area contributed by atoms with Crippen molar-refractivity contribution in [1.29, 1.82) is 0 Å². The first kappa shape index (κ1) is 18.9. The van der Waals surface area contributed by atoms with Gasteiger partial charge in [0.05, 0.1) is 0 Å². The number of allylic oxidation sites excluding steroid dienone is 3. The molecule has 0 heterocycles. The predicted octanol–water partition coefficient (Wildman–Crippen LogP) is 4.68. The van der Waals surface area contributed by atoms with E-state index in [0.29, 0.717) is 0 Å². The number of phenols is 1. The van der Waals surface area contributed by atoms with Crippen molar-refractivity contribution in [3.8, 4) is 11.5 Å². The summed E-state index contributed by atoms with van der Waals surface area (Å²) in [5.74, 6) is -7.05. The number of aromatic hydroxyl groups is 1.